The fourth-order valence-electron chi connectivity index (χ4n) is 0.154. The summed E-state index contributed by atoms with van der Waals surface area (Å²) < 4.78 is 0. The van der Waals surface area contributed by atoms with Crippen LogP contribution in [-0.2, 0) is 0 Å². The number of hydrogen-bond acceptors (Lipinski definition) is 4. The van der Waals surface area contributed by atoms with Crippen molar-refractivity contribution in [2.75, 3.05) is 6.61 Å². The van der Waals surface area contributed by atoms with Gasteiger partial charge < -0.3 is 5.11 Å². The maximum atomic E-state index is 9.42. The smallest absolute Gasteiger partial charge is 0.0990 e. The van der Waals surface area contributed by atoms with E-state index in [2.05, 4.69) is 5.29 Å². The zero-order valence-corrected chi connectivity index (χ0v) is 4.48. The Morgan fingerprint density at radius 1 is 1.88 bits per heavy atom. The zero-order valence-electron chi connectivity index (χ0n) is 4.48. The van der Waals surface area contributed by atoms with Crippen LogP contribution < -0.4 is 0 Å². The van der Waals surface area contributed by atoms with Gasteiger partial charge in [-0.1, -0.05) is 0 Å². The first kappa shape index (κ1) is 7.32. The van der Waals surface area contributed by atoms with Crippen LogP contribution in [0.2, 0.25) is 0 Å². The summed E-state index contributed by atoms with van der Waals surface area (Å²) in [4.78, 5) is 9.42. The van der Waals surface area contributed by atoms with Crippen molar-refractivity contribution in [2.24, 2.45) is 5.29 Å². The molecule has 5 nitrogen and oxygen atoms in total. The normalized spacial score (nSPS) is 12.9. The standard InChI is InChI=1S/C3H8N2O3/c1-3(2-6)5(8)4-7/h3,6,8H,2H2,1H3. The SMILES string of the molecule is CC(CO)N(O)N=O. The van der Waals surface area contributed by atoms with Gasteiger partial charge in [0.1, 0.15) is 0 Å². The largest absolute Gasteiger partial charge is 0.394 e. The molecule has 0 saturated carbocycles. The number of nitroso groups, excluding NO2 is 1. The number of nitrogens with zero attached hydrogens (tertiary/aromatic N) is 2. The predicted molar refractivity (Wildman–Crippen MR) is 26.0 cm³/mol. The third-order valence-electron chi connectivity index (χ3n) is 0.742. The lowest BCUT2D eigenvalue weighted by Gasteiger charge is -2.11. The molecule has 2 N–H and O–H groups in total. The van der Waals surface area contributed by atoms with E-state index >= 15 is 0 Å². The first-order chi connectivity index (χ1) is 3.72. The highest BCUT2D eigenvalue weighted by molar-refractivity contribution is 4.49. The average Bonchev–Trinajstić information content (AvgIpc) is 1.84. The summed E-state index contributed by atoms with van der Waals surface area (Å²) in [5.41, 5.74) is 0. The van der Waals surface area contributed by atoms with Crippen LogP contribution in [0.5, 0.6) is 0 Å². The predicted octanol–water partition coefficient (Wildman–Crippen LogP) is -0.260. The average molecular weight is 120 g/mol. The summed E-state index contributed by atoms with van der Waals surface area (Å²) in [5, 5.41) is 18.9. The monoisotopic (exact) mass is 120 g/mol. The summed E-state index contributed by atoms with van der Waals surface area (Å²) in [6.07, 6.45) is 0. The minimum atomic E-state index is -0.618. The highest BCUT2D eigenvalue weighted by Gasteiger charge is 2.06. The van der Waals surface area contributed by atoms with Crippen molar-refractivity contribution in [3.63, 3.8) is 0 Å². The van der Waals surface area contributed by atoms with E-state index in [0.29, 0.717) is 0 Å². The van der Waals surface area contributed by atoms with Gasteiger partial charge in [0, 0.05) is 0 Å². The Morgan fingerprint density at radius 3 is 2.50 bits per heavy atom. The Labute approximate surface area is 46.4 Å². The van der Waals surface area contributed by atoms with Crippen LogP contribution in [0.25, 0.3) is 0 Å². The molecule has 0 fully saturated rings. The van der Waals surface area contributed by atoms with Gasteiger partial charge in [0.25, 0.3) is 0 Å². The van der Waals surface area contributed by atoms with E-state index in [1.807, 2.05) is 0 Å². The van der Waals surface area contributed by atoms with E-state index in [1.165, 1.54) is 6.92 Å². The molecule has 48 valence electrons. The number of hydrogen-bond donors (Lipinski definition) is 2. The second kappa shape index (κ2) is 3.34. The molecule has 0 rings (SSSR count). The summed E-state index contributed by atoms with van der Waals surface area (Å²) in [7, 11) is 0. The molecule has 0 saturated heterocycles. The highest BCUT2D eigenvalue weighted by Crippen LogP contribution is 1.91. The quantitative estimate of drug-likeness (QED) is 0.397. The number of rotatable bonds is 3. The second-order valence-electron chi connectivity index (χ2n) is 1.43. The molecule has 0 aromatic rings. The third kappa shape index (κ3) is 1.85. The zero-order chi connectivity index (χ0) is 6.57. The van der Waals surface area contributed by atoms with Crippen LogP contribution in [0.4, 0.5) is 0 Å². The molecule has 0 spiro atoms. The molecular weight excluding hydrogens is 112 g/mol. The van der Waals surface area contributed by atoms with Crippen LogP contribution in [-0.4, -0.2) is 28.1 Å². The Balaban J connectivity index is 3.44. The Morgan fingerprint density at radius 2 is 2.38 bits per heavy atom. The number of hydroxylamine groups is 1. The van der Waals surface area contributed by atoms with E-state index in [-0.39, 0.29) is 11.8 Å². The molecule has 5 heteroatoms. The lowest BCUT2D eigenvalue weighted by Crippen LogP contribution is -2.27. The maximum Gasteiger partial charge on any atom is 0.0990 e. The van der Waals surface area contributed by atoms with Crippen molar-refractivity contribution < 1.29 is 10.3 Å². The van der Waals surface area contributed by atoms with Crippen LogP contribution in [0.15, 0.2) is 5.29 Å². The van der Waals surface area contributed by atoms with Gasteiger partial charge in [0.05, 0.1) is 17.9 Å². The molecule has 0 aliphatic heterocycles. The molecule has 8 heavy (non-hydrogen) atoms. The molecule has 0 aliphatic rings. The van der Waals surface area contributed by atoms with Crippen molar-refractivity contribution in [3.8, 4) is 0 Å². The molecule has 0 heterocycles. The molecule has 1 unspecified atom stereocenters. The summed E-state index contributed by atoms with van der Waals surface area (Å²) >= 11 is 0. The second-order valence-corrected chi connectivity index (χ2v) is 1.43. The Hall–Kier alpha value is -0.680. The summed E-state index contributed by atoms with van der Waals surface area (Å²) in [6, 6.07) is -0.618. The first-order valence-electron chi connectivity index (χ1n) is 2.14. The van der Waals surface area contributed by atoms with Crippen LogP contribution in [0.3, 0.4) is 0 Å². The van der Waals surface area contributed by atoms with E-state index in [0.717, 1.165) is 0 Å². The fraction of sp³-hybridized carbons (Fsp3) is 1.00. The van der Waals surface area contributed by atoms with E-state index in [1.54, 1.807) is 0 Å². The number of aliphatic hydroxyl groups is 1. The van der Waals surface area contributed by atoms with E-state index in [4.69, 9.17) is 10.3 Å². The van der Waals surface area contributed by atoms with Crippen molar-refractivity contribution in [1.29, 1.82) is 0 Å². The van der Waals surface area contributed by atoms with Crippen molar-refractivity contribution >= 4 is 0 Å². The van der Waals surface area contributed by atoms with Gasteiger partial charge in [-0.05, 0) is 6.92 Å². The molecule has 0 aliphatic carbocycles. The van der Waals surface area contributed by atoms with Crippen molar-refractivity contribution in [1.82, 2.24) is 5.17 Å². The van der Waals surface area contributed by atoms with Gasteiger partial charge in [-0.15, -0.1) is 10.1 Å². The van der Waals surface area contributed by atoms with Crippen LogP contribution >= 0.6 is 0 Å². The Kier molecular flexibility index (Phi) is 3.05. The van der Waals surface area contributed by atoms with Gasteiger partial charge in [-0.3, -0.25) is 5.21 Å². The number of aliphatic hydroxyl groups excluding tert-OH is 1. The van der Waals surface area contributed by atoms with Crippen LogP contribution in [0, 0.1) is 4.91 Å². The van der Waals surface area contributed by atoms with Gasteiger partial charge in [-0.25, -0.2) is 0 Å². The van der Waals surface area contributed by atoms with Gasteiger partial charge in [0.15, 0.2) is 0 Å². The first-order valence-corrected chi connectivity index (χ1v) is 2.14. The van der Waals surface area contributed by atoms with E-state index in [9.17, 15) is 4.91 Å². The highest BCUT2D eigenvalue weighted by atomic mass is 16.6. The summed E-state index contributed by atoms with van der Waals surface area (Å²) in [6.45, 7) is 1.17. The fourth-order valence-corrected chi connectivity index (χ4v) is 0.154. The minimum absolute atomic E-state index is 0.167. The minimum Gasteiger partial charge on any atom is -0.394 e. The van der Waals surface area contributed by atoms with Crippen LogP contribution in [0.1, 0.15) is 6.92 Å². The summed E-state index contributed by atoms with van der Waals surface area (Å²) in [5.74, 6) is 0. The molecule has 0 aromatic carbocycles. The van der Waals surface area contributed by atoms with E-state index < -0.39 is 6.04 Å². The molecule has 0 amide bonds. The topological polar surface area (TPSA) is 73.1 Å². The molecule has 0 radical (unpaired) electrons. The van der Waals surface area contributed by atoms with Gasteiger partial charge in [0.2, 0.25) is 0 Å². The Bertz CT molecular complexity index is 76.9. The molecule has 0 aromatic heterocycles. The van der Waals surface area contributed by atoms with Crippen molar-refractivity contribution in [2.45, 2.75) is 13.0 Å². The van der Waals surface area contributed by atoms with Gasteiger partial charge >= 0.3 is 0 Å². The maximum absolute atomic E-state index is 9.42. The third-order valence-corrected chi connectivity index (χ3v) is 0.742. The van der Waals surface area contributed by atoms with Gasteiger partial charge in [-0.2, -0.15) is 0 Å². The lowest BCUT2D eigenvalue weighted by atomic mass is 10.4. The molecule has 1 atom stereocenters. The van der Waals surface area contributed by atoms with Crippen molar-refractivity contribution in [3.05, 3.63) is 4.91 Å². The molecule has 0 bridgehead atoms. The molecular formula is C3H8N2O3. The lowest BCUT2D eigenvalue weighted by molar-refractivity contribution is -0.133.